The maximum absolute atomic E-state index is 12.8. The quantitative estimate of drug-likeness (QED) is 0.873. The van der Waals surface area contributed by atoms with E-state index in [0.29, 0.717) is 22.9 Å². The summed E-state index contributed by atoms with van der Waals surface area (Å²) < 4.78 is 10.9. The van der Waals surface area contributed by atoms with Crippen LogP contribution in [0.3, 0.4) is 0 Å². The number of likely N-dealkylation sites (N-methyl/N-ethyl adjacent to an activating group) is 1. The van der Waals surface area contributed by atoms with Crippen LogP contribution in [0.1, 0.15) is 12.5 Å². The van der Waals surface area contributed by atoms with E-state index in [1.54, 1.807) is 44.5 Å². The molecule has 2 aromatic carbocycles. The number of hydrogen-bond acceptors (Lipinski definition) is 4. The number of aryl methyl sites for hydroxylation is 1. The first kappa shape index (κ1) is 16.8. The van der Waals surface area contributed by atoms with Gasteiger partial charge >= 0.3 is 0 Å². The molecule has 0 saturated heterocycles. The molecule has 0 bridgehead atoms. The number of carbonyl (C=O) groups excluding carboxylic acids is 2. The molecule has 0 spiro atoms. The Morgan fingerprint density at radius 3 is 2.52 bits per heavy atom. The number of methoxy groups -OCH3 is 1. The minimum absolute atomic E-state index is 0.420. The van der Waals surface area contributed by atoms with E-state index < -0.39 is 17.4 Å². The number of fused-ring (bicyclic) bond motifs is 1. The zero-order chi connectivity index (χ0) is 18.2. The van der Waals surface area contributed by atoms with Gasteiger partial charge in [-0.3, -0.25) is 9.59 Å². The van der Waals surface area contributed by atoms with E-state index in [2.05, 4.69) is 5.32 Å². The first-order valence-corrected chi connectivity index (χ1v) is 7.88. The molecule has 6 nitrogen and oxygen atoms in total. The third kappa shape index (κ3) is 2.91. The second-order valence-corrected chi connectivity index (χ2v) is 6.15. The maximum Gasteiger partial charge on any atom is 0.280 e. The number of rotatable bonds is 3. The number of benzene rings is 2. The van der Waals surface area contributed by atoms with Crippen molar-refractivity contribution in [2.24, 2.45) is 0 Å². The maximum atomic E-state index is 12.8. The van der Waals surface area contributed by atoms with Gasteiger partial charge in [0.2, 0.25) is 0 Å². The molecule has 130 valence electrons. The topological polar surface area (TPSA) is 67.9 Å². The fourth-order valence-corrected chi connectivity index (χ4v) is 2.74. The van der Waals surface area contributed by atoms with E-state index in [0.717, 1.165) is 5.56 Å². The van der Waals surface area contributed by atoms with Crippen molar-refractivity contribution >= 4 is 23.2 Å². The lowest BCUT2D eigenvalue weighted by Gasteiger charge is -2.38. The average Bonchev–Trinajstić information content (AvgIpc) is 2.61. The standard InChI is InChI=1S/C19H20N2O4/c1-12-5-10-16-15(11-12)21(3)18(23)19(2,25-16)17(22)20-13-6-8-14(24-4)9-7-13/h5-11H,1-4H3,(H,20,22). The van der Waals surface area contributed by atoms with E-state index >= 15 is 0 Å². The number of amides is 2. The number of ether oxygens (including phenoxy) is 2. The molecule has 1 N–H and O–H groups in total. The van der Waals surface area contributed by atoms with Crippen LogP contribution in [0.2, 0.25) is 0 Å². The van der Waals surface area contributed by atoms with Crippen molar-refractivity contribution in [1.82, 2.24) is 0 Å². The zero-order valence-electron chi connectivity index (χ0n) is 14.6. The molecule has 1 atom stereocenters. The van der Waals surface area contributed by atoms with Gasteiger partial charge in [0.1, 0.15) is 11.5 Å². The van der Waals surface area contributed by atoms with Gasteiger partial charge in [-0.15, -0.1) is 0 Å². The highest BCUT2D eigenvalue weighted by molar-refractivity contribution is 6.19. The molecule has 1 heterocycles. The second-order valence-electron chi connectivity index (χ2n) is 6.15. The summed E-state index contributed by atoms with van der Waals surface area (Å²) >= 11 is 0. The number of carbonyl (C=O) groups is 2. The molecule has 0 aromatic heterocycles. The van der Waals surface area contributed by atoms with Gasteiger partial charge in [-0.2, -0.15) is 0 Å². The van der Waals surface area contributed by atoms with Crippen LogP contribution in [0, 0.1) is 6.92 Å². The highest BCUT2D eigenvalue weighted by atomic mass is 16.5. The van der Waals surface area contributed by atoms with Crippen molar-refractivity contribution in [2.75, 3.05) is 24.4 Å². The fourth-order valence-electron chi connectivity index (χ4n) is 2.74. The van der Waals surface area contributed by atoms with Gasteiger partial charge in [-0.05, 0) is 55.8 Å². The Kier molecular flexibility index (Phi) is 4.12. The molecular weight excluding hydrogens is 320 g/mol. The fraction of sp³-hybridized carbons (Fsp3) is 0.263. The molecule has 0 radical (unpaired) electrons. The minimum atomic E-state index is -1.64. The van der Waals surface area contributed by atoms with Gasteiger partial charge in [-0.1, -0.05) is 6.07 Å². The van der Waals surface area contributed by atoms with Crippen molar-refractivity contribution in [3.8, 4) is 11.5 Å². The smallest absolute Gasteiger partial charge is 0.280 e. The lowest BCUT2D eigenvalue weighted by atomic mass is 9.99. The normalized spacial score (nSPS) is 19.0. The van der Waals surface area contributed by atoms with Crippen LogP contribution < -0.4 is 19.7 Å². The Labute approximate surface area is 146 Å². The number of hydrogen-bond donors (Lipinski definition) is 1. The summed E-state index contributed by atoms with van der Waals surface area (Å²) in [4.78, 5) is 27.0. The molecule has 1 unspecified atom stereocenters. The average molecular weight is 340 g/mol. The van der Waals surface area contributed by atoms with E-state index in [-0.39, 0.29) is 0 Å². The van der Waals surface area contributed by atoms with Crippen LogP contribution in [-0.2, 0) is 9.59 Å². The molecule has 2 amide bonds. The van der Waals surface area contributed by atoms with Gasteiger partial charge in [-0.25, -0.2) is 0 Å². The van der Waals surface area contributed by atoms with Gasteiger partial charge in [0.25, 0.3) is 17.4 Å². The summed E-state index contributed by atoms with van der Waals surface area (Å²) in [6.45, 7) is 3.41. The third-order valence-electron chi connectivity index (χ3n) is 4.28. The predicted molar refractivity (Wildman–Crippen MR) is 95.2 cm³/mol. The SMILES string of the molecule is COc1ccc(NC(=O)C2(C)Oc3ccc(C)cc3N(C)C2=O)cc1. The van der Waals surface area contributed by atoms with Gasteiger partial charge < -0.3 is 19.7 Å². The summed E-state index contributed by atoms with van der Waals surface area (Å²) in [6, 6.07) is 12.4. The van der Waals surface area contributed by atoms with Crippen LogP contribution in [0.25, 0.3) is 0 Å². The summed E-state index contributed by atoms with van der Waals surface area (Å²) in [7, 11) is 3.21. The summed E-state index contributed by atoms with van der Waals surface area (Å²) in [5, 5.41) is 2.73. The first-order chi connectivity index (χ1) is 11.8. The van der Waals surface area contributed by atoms with Gasteiger partial charge in [0.15, 0.2) is 0 Å². The van der Waals surface area contributed by atoms with Crippen molar-refractivity contribution in [3.05, 3.63) is 48.0 Å². The highest BCUT2D eigenvalue weighted by Crippen LogP contribution is 2.38. The Bertz CT molecular complexity index is 832. The van der Waals surface area contributed by atoms with E-state index in [1.165, 1.54) is 11.8 Å². The molecule has 25 heavy (non-hydrogen) atoms. The highest BCUT2D eigenvalue weighted by Gasteiger charge is 2.49. The van der Waals surface area contributed by atoms with E-state index in [4.69, 9.17) is 9.47 Å². The number of anilines is 2. The van der Waals surface area contributed by atoms with Crippen LogP contribution in [0.15, 0.2) is 42.5 Å². The lowest BCUT2D eigenvalue weighted by molar-refractivity contribution is -0.144. The van der Waals surface area contributed by atoms with E-state index in [9.17, 15) is 9.59 Å². The summed E-state index contributed by atoms with van der Waals surface area (Å²) in [5.74, 6) is 0.232. The van der Waals surface area contributed by atoms with Gasteiger partial charge in [0, 0.05) is 12.7 Å². The Morgan fingerprint density at radius 2 is 1.88 bits per heavy atom. The molecule has 3 rings (SSSR count). The lowest BCUT2D eigenvalue weighted by Crippen LogP contribution is -2.59. The Morgan fingerprint density at radius 1 is 1.20 bits per heavy atom. The summed E-state index contributed by atoms with van der Waals surface area (Å²) in [5.41, 5.74) is 0.575. The first-order valence-electron chi connectivity index (χ1n) is 7.88. The van der Waals surface area contributed by atoms with Crippen molar-refractivity contribution in [3.63, 3.8) is 0 Å². The zero-order valence-corrected chi connectivity index (χ0v) is 14.6. The largest absolute Gasteiger partial charge is 0.497 e. The number of nitrogens with one attached hydrogen (secondary N) is 1. The Balaban J connectivity index is 1.88. The molecular formula is C19H20N2O4. The predicted octanol–water partition coefficient (Wildman–Crippen LogP) is 2.76. The third-order valence-corrected chi connectivity index (χ3v) is 4.28. The Hall–Kier alpha value is -3.02. The molecule has 6 heteroatoms. The number of nitrogens with zero attached hydrogens (tertiary/aromatic N) is 1. The molecule has 0 aliphatic carbocycles. The monoisotopic (exact) mass is 340 g/mol. The second kappa shape index (κ2) is 6.12. The van der Waals surface area contributed by atoms with Crippen molar-refractivity contribution < 1.29 is 19.1 Å². The molecule has 1 aliphatic rings. The molecule has 0 fully saturated rings. The van der Waals surface area contributed by atoms with Crippen LogP contribution in [0.5, 0.6) is 11.5 Å². The van der Waals surface area contributed by atoms with Crippen LogP contribution >= 0.6 is 0 Å². The van der Waals surface area contributed by atoms with E-state index in [1.807, 2.05) is 19.1 Å². The molecule has 0 saturated carbocycles. The molecule has 2 aromatic rings. The van der Waals surface area contributed by atoms with Crippen LogP contribution in [-0.4, -0.2) is 31.6 Å². The van der Waals surface area contributed by atoms with Crippen molar-refractivity contribution in [1.29, 1.82) is 0 Å². The minimum Gasteiger partial charge on any atom is -0.497 e. The molecule has 1 aliphatic heterocycles. The van der Waals surface area contributed by atoms with Crippen molar-refractivity contribution in [2.45, 2.75) is 19.4 Å². The van der Waals surface area contributed by atoms with Gasteiger partial charge in [0.05, 0.1) is 12.8 Å². The summed E-state index contributed by atoms with van der Waals surface area (Å²) in [6.07, 6.45) is 0. The van der Waals surface area contributed by atoms with Crippen LogP contribution in [0.4, 0.5) is 11.4 Å².